The summed E-state index contributed by atoms with van der Waals surface area (Å²) in [5.74, 6) is -0.832. The highest BCUT2D eigenvalue weighted by molar-refractivity contribution is 5.92. The molecule has 2 atom stereocenters. The Morgan fingerprint density at radius 1 is 1.09 bits per heavy atom. The Hall–Kier alpha value is -2.61. The molecule has 0 aliphatic carbocycles. The van der Waals surface area contributed by atoms with Crippen molar-refractivity contribution in [3.63, 3.8) is 0 Å². The minimum atomic E-state index is -1.23. The fraction of sp³-hybridized carbons (Fsp3) is 0.640. The molecule has 3 amide bonds. The lowest BCUT2D eigenvalue weighted by Gasteiger charge is -2.34. The lowest BCUT2D eigenvalue weighted by Crippen LogP contribution is -2.54. The second kappa shape index (κ2) is 13.2. The van der Waals surface area contributed by atoms with Crippen LogP contribution in [0.5, 0.6) is 0 Å². The first-order chi connectivity index (χ1) is 15.4. The molecule has 0 aliphatic heterocycles. The number of nitrogens with zero attached hydrogens (tertiary/aromatic N) is 1. The van der Waals surface area contributed by atoms with Crippen LogP contribution in [0.15, 0.2) is 18.2 Å². The number of aliphatic hydroxyl groups excluding tert-OH is 1. The Bertz CT molecular complexity index is 804. The molecule has 8 heteroatoms. The summed E-state index contributed by atoms with van der Waals surface area (Å²) < 4.78 is 5.24. The van der Waals surface area contributed by atoms with Crippen molar-refractivity contribution in [2.75, 3.05) is 19.7 Å². The van der Waals surface area contributed by atoms with Gasteiger partial charge in [0.15, 0.2) is 0 Å². The predicted molar refractivity (Wildman–Crippen MR) is 129 cm³/mol. The smallest absolute Gasteiger partial charge is 0.408 e. The number of aliphatic hydroxyl groups is 1. The van der Waals surface area contributed by atoms with Crippen LogP contribution in [0.2, 0.25) is 0 Å². The van der Waals surface area contributed by atoms with Gasteiger partial charge in [0.25, 0.3) is 0 Å². The Kier molecular flexibility index (Phi) is 11.4. The summed E-state index contributed by atoms with van der Waals surface area (Å²) >= 11 is 0. The van der Waals surface area contributed by atoms with Gasteiger partial charge in [0.05, 0.1) is 6.61 Å². The third-order valence-electron chi connectivity index (χ3n) is 5.16. The number of aryl methyl sites for hydroxylation is 2. The summed E-state index contributed by atoms with van der Waals surface area (Å²) in [5.41, 5.74) is 2.02. The molecule has 2 unspecified atom stereocenters. The number of ether oxygens (including phenoxy) is 1. The average Bonchev–Trinajstić information content (AvgIpc) is 2.72. The molecule has 0 spiro atoms. The van der Waals surface area contributed by atoms with Gasteiger partial charge in [-0.25, -0.2) is 4.79 Å². The topological polar surface area (TPSA) is 108 Å². The fourth-order valence-corrected chi connectivity index (χ4v) is 3.34. The Morgan fingerprint density at radius 2 is 1.76 bits per heavy atom. The van der Waals surface area contributed by atoms with Crippen molar-refractivity contribution in [2.45, 2.75) is 85.4 Å². The van der Waals surface area contributed by atoms with Crippen LogP contribution < -0.4 is 10.6 Å². The van der Waals surface area contributed by atoms with E-state index >= 15 is 0 Å². The minimum Gasteiger partial charge on any atom is -0.444 e. The van der Waals surface area contributed by atoms with Crippen molar-refractivity contribution < 1.29 is 24.2 Å². The largest absolute Gasteiger partial charge is 0.444 e. The van der Waals surface area contributed by atoms with Crippen LogP contribution in [0, 0.1) is 13.8 Å². The van der Waals surface area contributed by atoms with Gasteiger partial charge >= 0.3 is 6.09 Å². The Morgan fingerprint density at radius 3 is 2.27 bits per heavy atom. The van der Waals surface area contributed by atoms with Crippen LogP contribution in [0.1, 0.15) is 76.6 Å². The van der Waals surface area contributed by atoms with Gasteiger partial charge in [0.1, 0.15) is 17.7 Å². The fourth-order valence-electron chi connectivity index (χ4n) is 3.34. The van der Waals surface area contributed by atoms with Gasteiger partial charge in [-0.2, -0.15) is 0 Å². The van der Waals surface area contributed by atoms with E-state index in [2.05, 4.69) is 10.6 Å². The zero-order valence-electron chi connectivity index (χ0n) is 21.2. The van der Waals surface area contributed by atoms with E-state index in [1.165, 1.54) is 4.90 Å². The molecule has 1 rings (SSSR count). The SMILES string of the molecule is CCCCNC(=O)C(c1ccc(C)c(C)c1)N(CCC)C(=O)C(CO)NC(=O)OC(C)(C)C. The molecule has 0 bridgehead atoms. The molecule has 0 aliphatic rings. The number of nitrogens with one attached hydrogen (secondary N) is 2. The van der Waals surface area contributed by atoms with Gasteiger partial charge in [0, 0.05) is 13.1 Å². The summed E-state index contributed by atoms with van der Waals surface area (Å²) in [6.07, 6.45) is 1.55. The van der Waals surface area contributed by atoms with E-state index in [1.54, 1.807) is 20.8 Å². The molecule has 1 aromatic carbocycles. The van der Waals surface area contributed by atoms with E-state index in [4.69, 9.17) is 4.74 Å². The van der Waals surface area contributed by atoms with Crippen LogP contribution in [0.3, 0.4) is 0 Å². The van der Waals surface area contributed by atoms with Gasteiger partial charge in [-0.3, -0.25) is 9.59 Å². The lowest BCUT2D eigenvalue weighted by molar-refractivity contribution is -0.143. The van der Waals surface area contributed by atoms with Gasteiger partial charge in [-0.1, -0.05) is 38.5 Å². The number of unbranched alkanes of at least 4 members (excludes halogenated alkanes) is 1. The maximum Gasteiger partial charge on any atom is 0.408 e. The highest BCUT2D eigenvalue weighted by Gasteiger charge is 2.35. The Balaban J connectivity index is 3.31. The molecular formula is C25H41N3O5. The molecule has 1 aromatic rings. The van der Waals surface area contributed by atoms with Crippen LogP contribution in [-0.2, 0) is 14.3 Å². The third-order valence-corrected chi connectivity index (χ3v) is 5.16. The second-order valence-corrected chi connectivity index (χ2v) is 9.30. The number of carbonyl (C=O) groups excluding carboxylic acids is 3. The Labute approximate surface area is 198 Å². The first-order valence-corrected chi connectivity index (χ1v) is 11.7. The van der Waals surface area contributed by atoms with Gasteiger partial charge in [-0.05, 0) is 64.2 Å². The molecule has 0 fully saturated rings. The summed E-state index contributed by atoms with van der Waals surface area (Å²) in [5, 5.41) is 15.3. The van der Waals surface area contributed by atoms with Crippen LogP contribution in [0.4, 0.5) is 4.79 Å². The van der Waals surface area contributed by atoms with Crippen molar-refractivity contribution in [1.29, 1.82) is 0 Å². The van der Waals surface area contributed by atoms with E-state index in [0.29, 0.717) is 18.5 Å². The number of benzene rings is 1. The number of rotatable bonds is 11. The lowest BCUT2D eigenvalue weighted by atomic mass is 9.98. The average molecular weight is 464 g/mol. The van der Waals surface area contributed by atoms with Gasteiger partial charge in [0.2, 0.25) is 11.8 Å². The molecular weight excluding hydrogens is 422 g/mol. The standard InChI is InChI=1S/C25H41N3O5/c1-8-10-13-26-22(30)21(19-12-11-17(3)18(4)15-19)28(14-9-2)23(31)20(16-29)27-24(32)33-25(5,6)7/h11-12,15,20-21,29H,8-10,13-14,16H2,1-7H3,(H,26,30)(H,27,32). The number of carbonyl (C=O) groups is 3. The van der Waals surface area contributed by atoms with E-state index < -0.39 is 36.3 Å². The van der Waals surface area contributed by atoms with Crippen LogP contribution in [0.25, 0.3) is 0 Å². The summed E-state index contributed by atoms with van der Waals surface area (Å²) in [6.45, 7) is 13.2. The van der Waals surface area contributed by atoms with Gasteiger partial charge < -0.3 is 25.4 Å². The number of hydrogen-bond acceptors (Lipinski definition) is 5. The van der Waals surface area contributed by atoms with Crippen LogP contribution >= 0.6 is 0 Å². The molecule has 0 saturated heterocycles. The molecule has 0 saturated carbocycles. The molecule has 8 nitrogen and oxygen atoms in total. The minimum absolute atomic E-state index is 0.282. The van der Waals surface area contributed by atoms with E-state index in [0.717, 1.165) is 24.0 Å². The second-order valence-electron chi connectivity index (χ2n) is 9.30. The van der Waals surface area contributed by atoms with Crippen molar-refractivity contribution in [3.8, 4) is 0 Å². The predicted octanol–water partition coefficient (Wildman–Crippen LogP) is 3.39. The third kappa shape index (κ3) is 9.04. The molecule has 3 N–H and O–H groups in total. The first kappa shape index (κ1) is 28.4. The van der Waals surface area contributed by atoms with Crippen molar-refractivity contribution in [3.05, 3.63) is 34.9 Å². The number of alkyl carbamates (subject to hydrolysis) is 1. The quantitative estimate of drug-likeness (QED) is 0.436. The zero-order chi connectivity index (χ0) is 25.2. The van der Waals surface area contributed by atoms with Crippen LogP contribution in [-0.4, -0.2) is 59.3 Å². The van der Waals surface area contributed by atoms with E-state index in [1.807, 2.05) is 45.9 Å². The number of amides is 3. The summed E-state index contributed by atoms with van der Waals surface area (Å²) in [7, 11) is 0. The highest BCUT2D eigenvalue weighted by Crippen LogP contribution is 2.25. The normalized spacial score (nSPS) is 13.1. The zero-order valence-corrected chi connectivity index (χ0v) is 21.2. The first-order valence-electron chi connectivity index (χ1n) is 11.7. The monoisotopic (exact) mass is 463 g/mol. The molecule has 33 heavy (non-hydrogen) atoms. The number of hydrogen-bond donors (Lipinski definition) is 3. The molecule has 0 heterocycles. The van der Waals surface area contributed by atoms with E-state index in [9.17, 15) is 19.5 Å². The summed E-state index contributed by atoms with van der Waals surface area (Å²) in [6, 6.07) is 3.56. The molecule has 0 radical (unpaired) electrons. The van der Waals surface area contributed by atoms with Crippen molar-refractivity contribution in [1.82, 2.24) is 15.5 Å². The molecule has 186 valence electrons. The van der Waals surface area contributed by atoms with E-state index in [-0.39, 0.29) is 12.5 Å². The highest BCUT2D eigenvalue weighted by atomic mass is 16.6. The summed E-state index contributed by atoms with van der Waals surface area (Å²) in [4.78, 5) is 40.4. The maximum absolute atomic E-state index is 13.5. The van der Waals surface area contributed by atoms with Crippen molar-refractivity contribution >= 4 is 17.9 Å². The van der Waals surface area contributed by atoms with Crippen molar-refractivity contribution in [2.24, 2.45) is 0 Å². The molecule has 0 aromatic heterocycles. The van der Waals surface area contributed by atoms with Gasteiger partial charge in [-0.15, -0.1) is 0 Å². The maximum atomic E-state index is 13.5.